The Morgan fingerprint density at radius 1 is 1.29 bits per heavy atom. The predicted octanol–water partition coefficient (Wildman–Crippen LogP) is 3.28. The Hall–Kier alpha value is -2.01. The van der Waals surface area contributed by atoms with E-state index in [4.69, 9.17) is 9.84 Å². The Balaban J connectivity index is 2.31. The molecule has 0 atom stereocenters. The average molecular weight is 249 g/mol. The number of ether oxygens (including phenoxy) is 1. The molecule has 2 aromatic rings. The zero-order valence-corrected chi connectivity index (χ0v) is 9.95. The number of rotatable bonds is 4. The van der Waals surface area contributed by atoms with Gasteiger partial charge in [0.15, 0.2) is 11.5 Å². The van der Waals surface area contributed by atoms with Crippen molar-refractivity contribution in [3.05, 3.63) is 40.6 Å². The Morgan fingerprint density at radius 3 is 2.76 bits per heavy atom. The molecule has 2 rings (SSSR count). The fourth-order valence-corrected chi connectivity index (χ4v) is 2.12. The van der Waals surface area contributed by atoms with Gasteiger partial charge in [-0.2, -0.15) is 0 Å². The zero-order valence-electron chi connectivity index (χ0n) is 9.14. The lowest BCUT2D eigenvalue weighted by Gasteiger charge is -2.09. The highest BCUT2D eigenvalue weighted by molar-refractivity contribution is 7.08. The molecule has 0 fully saturated rings. The van der Waals surface area contributed by atoms with Crippen LogP contribution in [0, 0.1) is 0 Å². The lowest BCUT2D eigenvalue weighted by Crippen LogP contribution is -1.98. The second-order valence-corrected chi connectivity index (χ2v) is 4.05. The summed E-state index contributed by atoms with van der Waals surface area (Å²) in [5.74, 6) is -0.00992. The molecule has 0 saturated heterocycles. The van der Waals surface area contributed by atoms with E-state index in [1.165, 1.54) is 11.3 Å². The van der Waals surface area contributed by atoms with Gasteiger partial charge in [0.1, 0.15) is 5.56 Å². The third kappa shape index (κ3) is 2.39. The van der Waals surface area contributed by atoms with Crippen LogP contribution < -0.4 is 10.1 Å². The highest BCUT2D eigenvalue weighted by Crippen LogP contribution is 2.32. The summed E-state index contributed by atoms with van der Waals surface area (Å²) >= 11 is 1.30. The van der Waals surface area contributed by atoms with Crippen LogP contribution in [0.15, 0.2) is 35.0 Å². The number of anilines is 1. The molecular weight excluding hydrogens is 238 g/mol. The van der Waals surface area contributed by atoms with Crippen molar-refractivity contribution in [3.63, 3.8) is 0 Å². The van der Waals surface area contributed by atoms with E-state index in [9.17, 15) is 4.79 Å². The summed E-state index contributed by atoms with van der Waals surface area (Å²) in [6, 6.07) is 7.37. The van der Waals surface area contributed by atoms with E-state index in [2.05, 4.69) is 5.32 Å². The minimum Gasteiger partial charge on any atom is -0.478 e. The molecule has 0 spiro atoms. The zero-order chi connectivity index (χ0) is 12.3. The summed E-state index contributed by atoms with van der Waals surface area (Å²) in [5, 5.41) is 15.2. The second kappa shape index (κ2) is 4.88. The molecule has 4 nitrogen and oxygen atoms in total. The van der Waals surface area contributed by atoms with Crippen LogP contribution >= 0.6 is 11.3 Å². The maximum absolute atomic E-state index is 10.9. The molecule has 1 aromatic heterocycles. The quantitative estimate of drug-likeness (QED) is 0.873. The summed E-state index contributed by atoms with van der Waals surface area (Å²) < 4.78 is 5.60. The molecule has 0 saturated carbocycles. The number of carboxylic acid groups (broad SMARTS) is 1. The molecule has 0 radical (unpaired) electrons. The highest BCUT2D eigenvalue weighted by atomic mass is 32.1. The van der Waals surface area contributed by atoms with Gasteiger partial charge in [-0.3, -0.25) is 0 Å². The first kappa shape index (κ1) is 11.5. The molecule has 1 heterocycles. The Bertz CT molecular complexity index is 536. The second-order valence-electron chi connectivity index (χ2n) is 3.30. The summed E-state index contributed by atoms with van der Waals surface area (Å²) in [4.78, 5) is 10.9. The van der Waals surface area contributed by atoms with E-state index in [0.717, 1.165) is 5.69 Å². The first-order chi connectivity index (χ1) is 8.22. The van der Waals surface area contributed by atoms with Gasteiger partial charge < -0.3 is 15.2 Å². The maximum Gasteiger partial charge on any atom is 0.340 e. The Labute approximate surface area is 102 Å². The minimum atomic E-state index is -0.983. The van der Waals surface area contributed by atoms with Gasteiger partial charge in [0.25, 0.3) is 0 Å². The van der Waals surface area contributed by atoms with Gasteiger partial charge in [0, 0.05) is 17.8 Å². The maximum atomic E-state index is 10.9. The summed E-state index contributed by atoms with van der Waals surface area (Å²) in [6.07, 6.45) is 0. The standard InChI is InChI=1S/C12H11NO3S/c1-13-9-4-2-3-5-10(9)16-11-7-17-6-8(11)12(14)15/h2-7,13H,1H3,(H,14,15). The van der Waals surface area contributed by atoms with Gasteiger partial charge in [0.05, 0.1) is 5.69 Å². The first-order valence-electron chi connectivity index (χ1n) is 4.96. The number of thiophene rings is 1. The third-order valence-electron chi connectivity index (χ3n) is 2.23. The molecule has 0 bridgehead atoms. The van der Waals surface area contributed by atoms with Crippen molar-refractivity contribution < 1.29 is 14.6 Å². The number of benzene rings is 1. The molecule has 88 valence electrons. The fourth-order valence-electron chi connectivity index (χ4n) is 1.40. The number of para-hydroxylation sites is 2. The van der Waals surface area contributed by atoms with Gasteiger partial charge in [0.2, 0.25) is 0 Å². The molecule has 1 aromatic carbocycles. The van der Waals surface area contributed by atoms with E-state index >= 15 is 0 Å². The summed E-state index contributed by atoms with van der Waals surface area (Å²) in [6.45, 7) is 0. The van der Waals surface area contributed by atoms with Crippen LogP contribution in [0.1, 0.15) is 10.4 Å². The number of carboxylic acids is 1. The first-order valence-corrected chi connectivity index (χ1v) is 5.90. The highest BCUT2D eigenvalue weighted by Gasteiger charge is 2.14. The van der Waals surface area contributed by atoms with Crippen LogP contribution in [-0.4, -0.2) is 18.1 Å². The van der Waals surface area contributed by atoms with E-state index in [1.807, 2.05) is 18.2 Å². The smallest absolute Gasteiger partial charge is 0.340 e. The Morgan fingerprint density at radius 2 is 2.06 bits per heavy atom. The number of nitrogens with one attached hydrogen (secondary N) is 1. The number of hydrogen-bond donors (Lipinski definition) is 2. The molecule has 0 unspecified atom stereocenters. The predicted molar refractivity (Wildman–Crippen MR) is 67.3 cm³/mol. The number of hydrogen-bond acceptors (Lipinski definition) is 4. The van der Waals surface area contributed by atoms with Gasteiger partial charge in [-0.15, -0.1) is 11.3 Å². The molecule has 0 aliphatic rings. The van der Waals surface area contributed by atoms with Crippen LogP contribution in [0.4, 0.5) is 5.69 Å². The largest absolute Gasteiger partial charge is 0.478 e. The fraction of sp³-hybridized carbons (Fsp3) is 0.0833. The number of aromatic carboxylic acids is 1. The van der Waals surface area contributed by atoms with E-state index in [-0.39, 0.29) is 5.56 Å². The molecule has 5 heteroatoms. The van der Waals surface area contributed by atoms with Crippen LogP contribution in [-0.2, 0) is 0 Å². The van der Waals surface area contributed by atoms with Crippen molar-refractivity contribution in [2.45, 2.75) is 0 Å². The lowest BCUT2D eigenvalue weighted by molar-refractivity contribution is 0.0695. The minimum absolute atomic E-state index is 0.181. The lowest BCUT2D eigenvalue weighted by atomic mass is 10.3. The summed E-state index contributed by atoms with van der Waals surface area (Å²) in [7, 11) is 1.79. The molecule has 17 heavy (non-hydrogen) atoms. The van der Waals surface area contributed by atoms with Crippen molar-refractivity contribution in [2.75, 3.05) is 12.4 Å². The average Bonchev–Trinajstić information content (AvgIpc) is 2.78. The third-order valence-corrected chi connectivity index (χ3v) is 2.96. The van der Waals surface area contributed by atoms with Gasteiger partial charge in [-0.25, -0.2) is 4.79 Å². The van der Waals surface area contributed by atoms with Crippen molar-refractivity contribution in [2.24, 2.45) is 0 Å². The molecular formula is C12H11NO3S. The van der Waals surface area contributed by atoms with E-state index in [1.54, 1.807) is 23.9 Å². The van der Waals surface area contributed by atoms with Crippen LogP contribution in [0.2, 0.25) is 0 Å². The van der Waals surface area contributed by atoms with Crippen molar-refractivity contribution in [1.29, 1.82) is 0 Å². The van der Waals surface area contributed by atoms with Crippen LogP contribution in [0.3, 0.4) is 0 Å². The molecule has 0 aliphatic heterocycles. The van der Waals surface area contributed by atoms with Gasteiger partial charge in [-0.1, -0.05) is 12.1 Å². The molecule has 2 N–H and O–H groups in total. The molecule has 0 amide bonds. The van der Waals surface area contributed by atoms with Crippen molar-refractivity contribution >= 4 is 23.0 Å². The monoisotopic (exact) mass is 249 g/mol. The SMILES string of the molecule is CNc1ccccc1Oc1cscc1C(=O)O. The Kier molecular flexibility index (Phi) is 3.30. The van der Waals surface area contributed by atoms with Gasteiger partial charge in [-0.05, 0) is 12.1 Å². The van der Waals surface area contributed by atoms with Crippen LogP contribution in [0.5, 0.6) is 11.5 Å². The van der Waals surface area contributed by atoms with E-state index in [0.29, 0.717) is 11.5 Å². The van der Waals surface area contributed by atoms with Crippen molar-refractivity contribution in [1.82, 2.24) is 0 Å². The summed E-state index contributed by atoms with van der Waals surface area (Å²) in [5.41, 5.74) is 0.996. The van der Waals surface area contributed by atoms with Gasteiger partial charge >= 0.3 is 5.97 Å². The van der Waals surface area contributed by atoms with Crippen molar-refractivity contribution in [3.8, 4) is 11.5 Å². The van der Waals surface area contributed by atoms with E-state index < -0.39 is 5.97 Å². The topological polar surface area (TPSA) is 58.6 Å². The molecule has 0 aliphatic carbocycles. The van der Waals surface area contributed by atoms with Crippen LogP contribution in [0.25, 0.3) is 0 Å². The normalized spacial score (nSPS) is 9.94. The number of carbonyl (C=O) groups is 1.